The summed E-state index contributed by atoms with van der Waals surface area (Å²) in [5.74, 6) is 0.921. The van der Waals surface area contributed by atoms with E-state index in [1.54, 1.807) is 13.2 Å². The highest BCUT2D eigenvalue weighted by Gasteiger charge is 2.32. The minimum Gasteiger partial charge on any atom is -0.493 e. The summed E-state index contributed by atoms with van der Waals surface area (Å²) >= 11 is 0. The summed E-state index contributed by atoms with van der Waals surface area (Å²) < 4.78 is 7.61. The Kier molecular flexibility index (Phi) is 4.19. The topological polar surface area (TPSA) is 93.1 Å². The van der Waals surface area contributed by atoms with Crippen LogP contribution in [-0.2, 0) is 0 Å². The molecule has 1 fully saturated rings. The molecule has 1 aliphatic rings. The highest BCUT2D eigenvalue weighted by atomic mass is 16.5. The molecule has 0 saturated carbocycles. The molecule has 1 amide bonds. The highest BCUT2D eigenvalue weighted by molar-refractivity contribution is 6.02. The number of primary amides is 1. The van der Waals surface area contributed by atoms with Crippen molar-refractivity contribution in [1.82, 2.24) is 9.38 Å². The van der Waals surface area contributed by atoms with Crippen LogP contribution in [0.5, 0.6) is 5.75 Å². The maximum atomic E-state index is 12.0. The number of rotatable bonds is 4. The molecule has 0 aliphatic carbocycles. The largest absolute Gasteiger partial charge is 0.493 e. The average molecular weight is 368 g/mol. The van der Waals surface area contributed by atoms with Gasteiger partial charge in [0.1, 0.15) is 0 Å². The Hall–Kier alpha value is -2.80. The first kappa shape index (κ1) is 17.6. The molecule has 1 aliphatic heterocycles. The predicted molar refractivity (Wildman–Crippen MR) is 104 cm³/mol. The van der Waals surface area contributed by atoms with Crippen molar-refractivity contribution in [3.8, 4) is 5.75 Å². The number of benzene rings is 1. The van der Waals surface area contributed by atoms with Crippen LogP contribution in [0.25, 0.3) is 16.7 Å². The lowest BCUT2D eigenvalue weighted by atomic mass is 9.81. The molecule has 3 heterocycles. The highest BCUT2D eigenvalue weighted by Crippen LogP contribution is 2.39. The number of hydrogen-bond donors (Lipinski definition) is 2. The zero-order valence-corrected chi connectivity index (χ0v) is 15.6. The third-order valence-electron chi connectivity index (χ3n) is 5.65. The molecule has 0 spiro atoms. The van der Waals surface area contributed by atoms with Gasteiger partial charge in [0.25, 0.3) is 5.91 Å². The van der Waals surface area contributed by atoms with Crippen LogP contribution >= 0.6 is 0 Å². The molecule has 0 atom stereocenters. The molecular weight excluding hydrogens is 344 g/mol. The lowest BCUT2D eigenvalue weighted by molar-refractivity contribution is 0.100. The Morgan fingerprint density at radius 3 is 2.67 bits per heavy atom. The van der Waals surface area contributed by atoms with Crippen molar-refractivity contribution in [3.05, 3.63) is 35.9 Å². The monoisotopic (exact) mass is 368 g/mol. The first-order valence-electron chi connectivity index (χ1n) is 9.11. The van der Waals surface area contributed by atoms with Crippen molar-refractivity contribution < 1.29 is 14.6 Å². The molecule has 2 aromatic heterocycles. The van der Waals surface area contributed by atoms with Crippen molar-refractivity contribution in [2.45, 2.75) is 19.8 Å². The maximum absolute atomic E-state index is 12.0. The number of pyridine rings is 1. The second-order valence-electron chi connectivity index (χ2n) is 7.53. The van der Waals surface area contributed by atoms with Crippen LogP contribution in [0.2, 0.25) is 0 Å². The molecule has 4 rings (SSSR count). The van der Waals surface area contributed by atoms with E-state index in [9.17, 15) is 9.90 Å². The van der Waals surface area contributed by atoms with Crippen molar-refractivity contribution >= 4 is 28.4 Å². The van der Waals surface area contributed by atoms with Gasteiger partial charge in [0.2, 0.25) is 0 Å². The van der Waals surface area contributed by atoms with E-state index in [-0.39, 0.29) is 12.0 Å². The van der Waals surface area contributed by atoms with Crippen LogP contribution in [0.3, 0.4) is 0 Å². The summed E-state index contributed by atoms with van der Waals surface area (Å²) in [6.07, 6.45) is 1.75. The second kappa shape index (κ2) is 6.42. The van der Waals surface area contributed by atoms with E-state index in [0.29, 0.717) is 17.0 Å². The number of methoxy groups -OCH3 is 1. The summed E-state index contributed by atoms with van der Waals surface area (Å²) in [7, 11) is 1.59. The number of ether oxygens (including phenoxy) is 1. The summed E-state index contributed by atoms with van der Waals surface area (Å²) in [4.78, 5) is 18.9. The number of nitrogens with zero attached hydrogens (tertiary/aromatic N) is 3. The van der Waals surface area contributed by atoms with E-state index in [1.165, 1.54) is 0 Å². The third-order valence-corrected chi connectivity index (χ3v) is 5.65. The summed E-state index contributed by atoms with van der Waals surface area (Å²) in [6.45, 7) is 3.86. The molecule has 1 aromatic carbocycles. The normalized spacial score (nSPS) is 16.8. The number of piperidine rings is 1. The number of hydrogen-bond acceptors (Lipinski definition) is 5. The number of amides is 1. The van der Waals surface area contributed by atoms with Gasteiger partial charge >= 0.3 is 0 Å². The molecule has 7 heteroatoms. The lowest BCUT2D eigenvalue weighted by Gasteiger charge is -2.39. The van der Waals surface area contributed by atoms with Crippen molar-refractivity contribution in [3.63, 3.8) is 0 Å². The van der Waals surface area contributed by atoms with Gasteiger partial charge in [0.15, 0.2) is 17.2 Å². The van der Waals surface area contributed by atoms with Gasteiger partial charge in [-0.15, -0.1) is 0 Å². The first-order valence-corrected chi connectivity index (χ1v) is 9.11. The molecule has 142 valence electrons. The fourth-order valence-corrected chi connectivity index (χ4v) is 3.84. The average Bonchev–Trinajstić information content (AvgIpc) is 3.06. The van der Waals surface area contributed by atoms with Gasteiger partial charge in [-0.1, -0.05) is 19.1 Å². The van der Waals surface area contributed by atoms with Gasteiger partial charge in [0, 0.05) is 25.8 Å². The van der Waals surface area contributed by atoms with E-state index in [0.717, 1.165) is 42.8 Å². The van der Waals surface area contributed by atoms with E-state index in [4.69, 9.17) is 10.5 Å². The van der Waals surface area contributed by atoms with Crippen molar-refractivity contribution in [1.29, 1.82) is 0 Å². The number of nitrogens with two attached hydrogens (primary N) is 1. The smallest absolute Gasteiger partial charge is 0.252 e. The number of imidazole rings is 1. The molecule has 3 N–H and O–H groups in total. The molecular formula is C20H24N4O3. The number of anilines is 1. The van der Waals surface area contributed by atoms with Crippen LogP contribution in [0.1, 0.15) is 30.1 Å². The molecule has 1 saturated heterocycles. The minimum atomic E-state index is -0.536. The number of aromatic nitrogens is 2. The fraction of sp³-hybridized carbons (Fsp3) is 0.400. The zero-order chi connectivity index (χ0) is 19.2. The minimum absolute atomic E-state index is 0.0625. The van der Waals surface area contributed by atoms with Crippen LogP contribution in [0.4, 0.5) is 5.82 Å². The lowest BCUT2D eigenvalue weighted by Crippen LogP contribution is -2.41. The fourth-order valence-electron chi connectivity index (χ4n) is 3.84. The van der Waals surface area contributed by atoms with Gasteiger partial charge < -0.3 is 20.5 Å². The molecule has 27 heavy (non-hydrogen) atoms. The second-order valence-corrected chi connectivity index (χ2v) is 7.53. The summed E-state index contributed by atoms with van der Waals surface area (Å²) in [5.41, 5.74) is 8.13. The Bertz CT molecular complexity index is 1020. The van der Waals surface area contributed by atoms with Crippen LogP contribution in [-0.4, -0.2) is 47.2 Å². The van der Waals surface area contributed by atoms with Gasteiger partial charge in [0.05, 0.1) is 23.7 Å². The van der Waals surface area contributed by atoms with Crippen molar-refractivity contribution in [2.75, 3.05) is 31.7 Å². The number of aliphatic hydroxyl groups is 1. The molecule has 3 aromatic rings. The van der Waals surface area contributed by atoms with Gasteiger partial charge in [-0.3, -0.25) is 9.20 Å². The van der Waals surface area contributed by atoms with Crippen molar-refractivity contribution in [2.24, 2.45) is 11.1 Å². The maximum Gasteiger partial charge on any atom is 0.252 e. The Morgan fingerprint density at radius 1 is 1.33 bits per heavy atom. The van der Waals surface area contributed by atoms with E-state index < -0.39 is 5.91 Å². The van der Waals surface area contributed by atoms with Gasteiger partial charge in [-0.2, -0.15) is 0 Å². The number of carbonyl (C=O) groups excluding carboxylic acids is 1. The SMILES string of the molecule is COc1cc(C(N)=O)c2nc3ccccc3n2c1N1CCC(C)(CO)CC1. The number of fused-ring (bicyclic) bond motifs is 3. The van der Waals surface area contributed by atoms with Crippen LogP contribution < -0.4 is 15.4 Å². The molecule has 7 nitrogen and oxygen atoms in total. The molecule has 0 radical (unpaired) electrons. The van der Waals surface area contributed by atoms with Crippen LogP contribution in [0, 0.1) is 5.41 Å². The van der Waals surface area contributed by atoms with Gasteiger partial charge in [-0.05, 0) is 30.4 Å². The number of para-hydroxylation sites is 2. The van der Waals surface area contributed by atoms with Crippen LogP contribution in [0.15, 0.2) is 30.3 Å². The Labute approximate surface area is 157 Å². The van der Waals surface area contributed by atoms with E-state index >= 15 is 0 Å². The Morgan fingerprint density at radius 2 is 2.04 bits per heavy atom. The Balaban J connectivity index is 1.96. The van der Waals surface area contributed by atoms with E-state index in [2.05, 4.69) is 16.8 Å². The van der Waals surface area contributed by atoms with Gasteiger partial charge in [-0.25, -0.2) is 4.98 Å². The summed E-state index contributed by atoms with van der Waals surface area (Å²) in [6, 6.07) is 9.44. The zero-order valence-electron chi connectivity index (χ0n) is 15.6. The third kappa shape index (κ3) is 2.78. The quantitative estimate of drug-likeness (QED) is 0.736. The molecule has 0 unspecified atom stereocenters. The predicted octanol–water partition coefficient (Wildman–Crippen LogP) is 2.19. The summed E-state index contributed by atoms with van der Waals surface area (Å²) in [5, 5.41) is 9.68. The standard InChI is InChI=1S/C20H24N4O3/c1-20(12-25)7-9-23(10-8-20)19-16(27-2)11-13(17(21)26)18-22-14-5-3-4-6-15(14)24(18)19/h3-6,11,25H,7-10,12H2,1-2H3,(H2,21,26). The van der Waals surface area contributed by atoms with E-state index in [1.807, 2.05) is 28.7 Å². The first-order chi connectivity index (χ1) is 13.0. The molecule has 0 bridgehead atoms. The number of aliphatic hydroxyl groups excluding tert-OH is 1. The number of carbonyl (C=O) groups is 1.